The van der Waals surface area contributed by atoms with Gasteiger partial charge in [-0.25, -0.2) is 9.59 Å². The Morgan fingerprint density at radius 3 is 2.04 bits per heavy atom. The molecule has 136 valence electrons. The third-order valence-corrected chi connectivity index (χ3v) is 3.45. The van der Waals surface area contributed by atoms with Crippen molar-refractivity contribution in [2.24, 2.45) is 0 Å². The number of ether oxygens (including phenoxy) is 2. The molecule has 0 unspecified atom stereocenters. The van der Waals surface area contributed by atoms with Gasteiger partial charge in [0.05, 0.1) is 0 Å². The third-order valence-electron chi connectivity index (χ3n) is 3.45. The van der Waals surface area contributed by atoms with Crippen LogP contribution in [-0.4, -0.2) is 46.7 Å². The van der Waals surface area contributed by atoms with Crippen LogP contribution in [0.25, 0.3) is 0 Å². The number of ketones is 1. The topological polar surface area (TPSA) is 110 Å². The van der Waals surface area contributed by atoms with Crippen LogP contribution in [0.3, 0.4) is 0 Å². The fourth-order valence-electron chi connectivity index (χ4n) is 1.77. The highest BCUT2D eigenvalue weighted by Crippen LogP contribution is 2.17. The highest BCUT2D eigenvalue weighted by molar-refractivity contribution is 6.01. The predicted molar refractivity (Wildman–Crippen MR) is 89.5 cm³/mol. The molecule has 0 spiro atoms. The first-order chi connectivity index (χ1) is 11.5. The molecule has 0 aliphatic carbocycles. The molecule has 0 aliphatic rings. The molecule has 2 N–H and O–H groups in total. The van der Waals surface area contributed by atoms with Gasteiger partial charge in [0.1, 0.15) is 24.6 Å². The normalized spacial score (nSPS) is 12.2. The van der Waals surface area contributed by atoms with Crippen LogP contribution in [0, 0.1) is 0 Å². The van der Waals surface area contributed by atoms with E-state index in [-0.39, 0.29) is 24.4 Å². The van der Waals surface area contributed by atoms with Crippen LogP contribution in [0.15, 0.2) is 35.4 Å². The van der Waals surface area contributed by atoms with Gasteiger partial charge in [0.2, 0.25) is 0 Å². The van der Waals surface area contributed by atoms with E-state index in [0.29, 0.717) is 11.3 Å². The molecular formula is C18H22O7. The third kappa shape index (κ3) is 6.04. The summed E-state index contributed by atoms with van der Waals surface area (Å²) in [6.07, 6.45) is 0. The van der Waals surface area contributed by atoms with Crippen LogP contribution in [0.2, 0.25) is 0 Å². The standard InChI is InChI=1S/C18H22O7/c1-11(16(20)21)12(2)17(22)25-10-9-24-14-7-5-13(6-8-14)15(19)18(3,4)23/h5-8,23H,9-10H2,1-4H3,(H,20,21)/b12-11-. The number of carbonyl (C=O) groups excluding carboxylic acids is 2. The number of carboxylic acids is 1. The molecule has 1 aromatic rings. The second-order valence-corrected chi connectivity index (χ2v) is 5.95. The van der Waals surface area contributed by atoms with Crippen LogP contribution >= 0.6 is 0 Å². The van der Waals surface area contributed by atoms with Crippen molar-refractivity contribution in [3.63, 3.8) is 0 Å². The lowest BCUT2D eigenvalue weighted by atomic mass is 9.97. The van der Waals surface area contributed by atoms with Crippen molar-refractivity contribution in [1.29, 1.82) is 0 Å². The van der Waals surface area contributed by atoms with Gasteiger partial charge in [0.15, 0.2) is 5.78 Å². The summed E-state index contributed by atoms with van der Waals surface area (Å²) in [5.41, 5.74) is -1.13. The average Bonchev–Trinajstić information content (AvgIpc) is 2.56. The number of hydrogen-bond acceptors (Lipinski definition) is 6. The van der Waals surface area contributed by atoms with E-state index in [1.54, 1.807) is 12.1 Å². The van der Waals surface area contributed by atoms with Crippen LogP contribution in [0.1, 0.15) is 38.1 Å². The summed E-state index contributed by atoms with van der Waals surface area (Å²) < 4.78 is 10.3. The highest BCUT2D eigenvalue weighted by atomic mass is 16.6. The van der Waals surface area contributed by atoms with E-state index in [9.17, 15) is 19.5 Å². The van der Waals surface area contributed by atoms with Gasteiger partial charge in [-0.2, -0.15) is 0 Å². The molecule has 0 fully saturated rings. The summed E-state index contributed by atoms with van der Waals surface area (Å²) in [5, 5.41) is 18.5. The van der Waals surface area contributed by atoms with Crippen molar-refractivity contribution in [1.82, 2.24) is 0 Å². The number of hydrogen-bond donors (Lipinski definition) is 2. The maximum atomic E-state index is 11.9. The molecule has 0 bridgehead atoms. The number of esters is 1. The van der Waals surface area contributed by atoms with Gasteiger partial charge in [-0.3, -0.25) is 4.79 Å². The minimum atomic E-state index is -1.45. The Morgan fingerprint density at radius 1 is 1.00 bits per heavy atom. The van der Waals surface area contributed by atoms with Crippen LogP contribution < -0.4 is 4.74 Å². The lowest BCUT2D eigenvalue weighted by Crippen LogP contribution is -2.30. The maximum absolute atomic E-state index is 11.9. The molecule has 25 heavy (non-hydrogen) atoms. The number of aliphatic hydroxyl groups is 1. The first-order valence-electron chi connectivity index (χ1n) is 7.62. The van der Waals surface area contributed by atoms with E-state index >= 15 is 0 Å². The average molecular weight is 350 g/mol. The molecule has 7 heteroatoms. The zero-order chi connectivity index (χ0) is 19.2. The smallest absolute Gasteiger partial charge is 0.334 e. The Kier molecular flexibility index (Phi) is 6.87. The number of carbonyl (C=O) groups is 3. The number of Topliss-reactive ketones (excluding diaryl/α,β-unsaturated/α-hetero) is 1. The first kappa shape index (κ1) is 20.4. The van der Waals surface area contributed by atoms with Crippen molar-refractivity contribution in [2.75, 3.05) is 13.2 Å². The number of rotatable bonds is 8. The van der Waals surface area contributed by atoms with Crippen molar-refractivity contribution in [3.05, 3.63) is 41.0 Å². The molecule has 0 radical (unpaired) electrons. The second kappa shape index (κ2) is 8.43. The Labute approximate surface area is 145 Å². The largest absolute Gasteiger partial charge is 0.490 e. The van der Waals surface area contributed by atoms with Crippen molar-refractivity contribution in [3.8, 4) is 5.75 Å². The summed E-state index contributed by atoms with van der Waals surface area (Å²) in [7, 11) is 0. The van der Waals surface area contributed by atoms with Crippen molar-refractivity contribution >= 4 is 17.7 Å². The van der Waals surface area contributed by atoms with Gasteiger partial charge in [0, 0.05) is 16.7 Å². The van der Waals surface area contributed by atoms with Crippen molar-refractivity contribution in [2.45, 2.75) is 33.3 Å². The molecule has 1 rings (SSSR count). The summed E-state index contributed by atoms with van der Waals surface area (Å²) >= 11 is 0. The molecule has 0 atom stereocenters. The molecule has 0 aromatic heterocycles. The second-order valence-electron chi connectivity index (χ2n) is 5.95. The lowest BCUT2D eigenvalue weighted by Gasteiger charge is -2.15. The molecule has 7 nitrogen and oxygen atoms in total. The molecular weight excluding hydrogens is 328 g/mol. The summed E-state index contributed by atoms with van der Waals surface area (Å²) in [6.45, 7) is 5.56. The number of carboxylic acid groups (broad SMARTS) is 1. The SMILES string of the molecule is C/C(C(=O)O)=C(\C)C(=O)OCCOc1ccc(C(=O)C(C)(C)O)cc1. The van der Waals surface area contributed by atoms with Crippen LogP contribution in [-0.2, 0) is 14.3 Å². The zero-order valence-corrected chi connectivity index (χ0v) is 14.7. The Hall–Kier alpha value is -2.67. The molecule has 0 saturated carbocycles. The van der Waals surface area contributed by atoms with E-state index in [1.807, 2.05) is 0 Å². The summed E-state index contributed by atoms with van der Waals surface area (Å²) in [5.74, 6) is -1.82. The van der Waals surface area contributed by atoms with E-state index in [4.69, 9.17) is 14.6 Å². The van der Waals surface area contributed by atoms with Gasteiger partial charge in [-0.1, -0.05) is 0 Å². The highest BCUT2D eigenvalue weighted by Gasteiger charge is 2.24. The molecule has 0 amide bonds. The predicted octanol–water partition coefficient (Wildman–Crippen LogP) is 1.98. The summed E-state index contributed by atoms with van der Waals surface area (Å²) in [4.78, 5) is 34.3. The minimum absolute atomic E-state index is 0.0296. The van der Waals surface area contributed by atoms with Gasteiger partial charge in [-0.15, -0.1) is 0 Å². The van der Waals surface area contributed by atoms with E-state index in [0.717, 1.165) is 0 Å². The van der Waals surface area contributed by atoms with Gasteiger partial charge >= 0.3 is 11.9 Å². The number of aliphatic carboxylic acids is 1. The fourth-order valence-corrected chi connectivity index (χ4v) is 1.77. The van der Waals surface area contributed by atoms with Crippen molar-refractivity contribution < 1.29 is 34.1 Å². The zero-order valence-electron chi connectivity index (χ0n) is 14.7. The maximum Gasteiger partial charge on any atom is 0.334 e. The molecule has 1 aromatic carbocycles. The lowest BCUT2D eigenvalue weighted by molar-refractivity contribution is -0.140. The molecule has 0 saturated heterocycles. The number of benzene rings is 1. The monoisotopic (exact) mass is 350 g/mol. The first-order valence-corrected chi connectivity index (χ1v) is 7.62. The minimum Gasteiger partial charge on any atom is -0.490 e. The van der Waals surface area contributed by atoms with Crippen LogP contribution in [0.5, 0.6) is 5.75 Å². The quantitative estimate of drug-likeness (QED) is 0.319. The van der Waals surface area contributed by atoms with E-state index in [2.05, 4.69) is 0 Å². The van der Waals surface area contributed by atoms with Gasteiger partial charge in [-0.05, 0) is 52.0 Å². The summed E-state index contributed by atoms with van der Waals surface area (Å²) in [6, 6.07) is 6.20. The van der Waals surface area contributed by atoms with Crippen LogP contribution in [0.4, 0.5) is 0 Å². The Morgan fingerprint density at radius 2 is 1.56 bits per heavy atom. The van der Waals surface area contributed by atoms with Gasteiger partial charge in [0.25, 0.3) is 0 Å². The Balaban J connectivity index is 2.50. The fraction of sp³-hybridized carbons (Fsp3) is 0.389. The molecule has 0 heterocycles. The Bertz CT molecular complexity index is 678. The van der Waals surface area contributed by atoms with E-state index < -0.39 is 23.3 Å². The molecule has 0 aliphatic heterocycles. The van der Waals surface area contributed by atoms with E-state index in [1.165, 1.54) is 39.8 Å². The van der Waals surface area contributed by atoms with Gasteiger partial charge < -0.3 is 19.7 Å².